The second-order valence-corrected chi connectivity index (χ2v) is 8.77. The maximum absolute atomic E-state index is 15.2. The molecule has 3 aromatic rings. The minimum atomic E-state index is -0.522. The summed E-state index contributed by atoms with van der Waals surface area (Å²) >= 11 is 1.15. The van der Waals surface area contributed by atoms with Crippen molar-refractivity contribution >= 4 is 38.3 Å². The highest BCUT2D eigenvalue weighted by Gasteiger charge is 2.32. The molecule has 2 unspecified atom stereocenters. The molecule has 1 fully saturated rings. The Hall–Kier alpha value is -2.69. The van der Waals surface area contributed by atoms with Crippen LogP contribution in [0.1, 0.15) is 25.8 Å². The van der Waals surface area contributed by atoms with Gasteiger partial charge in [0.2, 0.25) is 5.43 Å². The molecule has 5 rings (SSSR count). The van der Waals surface area contributed by atoms with Gasteiger partial charge in [-0.15, -0.1) is 0 Å². The molecule has 4 N–H and O–H groups in total. The van der Waals surface area contributed by atoms with E-state index < -0.39 is 16.8 Å². The lowest BCUT2D eigenvalue weighted by Gasteiger charge is -2.22. The molecule has 10 heteroatoms. The minimum absolute atomic E-state index is 0.0527. The summed E-state index contributed by atoms with van der Waals surface area (Å²) < 4.78 is 19.8. The summed E-state index contributed by atoms with van der Waals surface area (Å²) in [5.41, 5.74) is 9.86. The average molecular weight is 431 g/mol. The van der Waals surface area contributed by atoms with Crippen molar-refractivity contribution in [1.82, 2.24) is 14.4 Å². The molecule has 158 valence electrons. The first-order chi connectivity index (χ1) is 14.4. The first kappa shape index (κ1) is 19.3. The molecular formula is C20H22FN5O3S. The van der Waals surface area contributed by atoms with Crippen molar-refractivity contribution in [2.45, 2.75) is 31.8 Å². The molecular weight excluding hydrogens is 409 g/mol. The van der Waals surface area contributed by atoms with Crippen LogP contribution in [-0.2, 0) is 4.84 Å². The van der Waals surface area contributed by atoms with Gasteiger partial charge in [0.25, 0.3) is 5.56 Å². The van der Waals surface area contributed by atoms with Crippen LogP contribution in [0.5, 0.6) is 0 Å². The number of pyridine rings is 1. The number of aromatic nitrogens is 2. The fraction of sp³-hybridized carbons (Fsp3) is 0.400. The van der Waals surface area contributed by atoms with Crippen molar-refractivity contribution < 1.29 is 9.23 Å². The van der Waals surface area contributed by atoms with Gasteiger partial charge in [0.1, 0.15) is 16.0 Å². The Morgan fingerprint density at radius 2 is 2.13 bits per heavy atom. The zero-order valence-electron chi connectivity index (χ0n) is 16.6. The van der Waals surface area contributed by atoms with Crippen molar-refractivity contribution in [1.29, 1.82) is 0 Å². The molecule has 0 amide bonds. The SMILES string of the molecule is CONC1=CN(c2cc3c(cc2F)c(=O)c2c(=O)[nH]sc2n3C2CC2)CC1C(C)N. The summed E-state index contributed by atoms with van der Waals surface area (Å²) in [6, 6.07) is 3.00. The summed E-state index contributed by atoms with van der Waals surface area (Å²) in [5, 5.41) is 0.331. The van der Waals surface area contributed by atoms with Gasteiger partial charge in [-0.3, -0.25) is 24.3 Å². The van der Waals surface area contributed by atoms with E-state index in [0.29, 0.717) is 22.6 Å². The van der Waals surface area contributed by atoms with Gasteiger partial charge in [-0.2, -0.15) is 0 Å². The predicted octanol–water partition coefficient (Wildman–Crippen LogP) is 2.15. The third-order valence-corrected chi connectivity index (χ3v) is 6.74. The first-order valence-corrected chi connectivity index (χ1v) is 10.6. The molecule has 0 saturated heterocycles. The maximum atomic E-state index is 15.2. The number of rotatable bonds is 5. The second-order valence-electron chi connectivity index (χ2n) is 7.97. The van der Waals surface area contributed by atoms with Gasteiger partial charge in [0.05, 0.1) is 24.0 Å². The highest BCUT2D eigenvalue weighted by Crippen LogP contribution is 2.41. The number of nitrogens with two attached hydrogens (primary N) is 1. The fourth-order valence-corrected chi connectivity index (χ4v) is 5.14. The standard InChI is InChI=1S/C20H22FN5O3S/c1-9(22)12-7-25(8-14(12)23-29-2)16-6-15-11(5-13(16)21)18(27)17-19(28)24-30-20(17)26(15)10-3-4-10/h5-6,8-10,12,23H,3-4,7,22H2,1-2H3,(H,24,28). The Balaban J connectivity index is 1.73. The predicted molar refractivity (Wildman–Crippen MR) is 115 cm³/mol. The van der Waals surface area contributed by atoms with Crippen LogP contribution in [0, 0.1) is 11.7 Å². The van der Waals surface area contributed by atoms with E-state index in [4.69, 9.17) is 10.6 Å². The summed E-state index contributed by atoms with van der Waals surface area (Å²) in [4.78, 5) is 32.6. The number of aromatic amines is 1. The van der Waals surface area contributed by atoms with E-state index in [0.717, 1.165) is 30.1 Å². The lowest BCUT2D eigenvalue weighted by molar-refractivity contribution is 0.108. The molecule has 2 aromatic heterocycles. The number of hydroxylamine groups is 1. The summed E-state index contributed by atoms with van der Waals surface area (Å²) in [6.45, 7) is 2.38. The van der Waals surface area contributed by atoms with Crippen LogP contribution < -0.4 is 27.1 Å². The largest absolute Gasteiger partial charge is 0.343 e. The lowest BCUT2D eigenvalue weighted by Crippen LogP contribution is -2.34. The highest BCUT2D eigenvalue weighted by molar-refractivity contribution is 7.12. The monoisotopic (exact) mass is 431 g/mol. The number of fused-ring (bicyclic) bond motifs is 2. The van der Waals surface area contributed by atoms with E-state index in [1.165, 1.54) is 13.2 Å². The maximum Gasteiger partial charge on any atom is 0.271 e. The van der Waals surface area contributed by atoms with E-state index in [-0.39, 0.29) is 28.8 Å². The van der Waals surface area contributed by atoms with Gasteiger partial charge >= 0.3 is 0 Å². The van der Waals surface area contributed by atoms with E-state index >= 15 is 4.39 Å². The van der Waals surface area contributed by atoms with Crippen LogP contribution in [0.4, 0.5) is 10.1 Å². The van der Waals surface area contributed by atoms with Gasteiger partial charge in [-0.05, 0) is 43.4 Å². The van der Waals surface area contributed by atoms with E-state index in [9.17, 15) is 9.59 Å². The van der Waals surface area contributed by atoms with Crippen molar-refractivity contribution in [3.63, 3.8) is 0 Å². The normalized spacial score (nSPS) is 20.2. The Bertz CT molecular complexity index is 1300. The van der Waals surface area contributed by atoms with Crippen LogP contribution in [0.2, 0.25) is 0 Å². The van der Waals surface area contributed by atoms with Gasteiger partial charge < -0.3 is 15.2 Å². The van der Waals surface area contributed by atoms with Crippen molar-refractivity contribution in [3.8, 4) is 0 Å². The number of anilines is 1. The first-order valence-electron chi connectivity index (χ1n) is 9.82. The lowest BCUT2D eigenvalue weighted by atomic mass is 10.0. The minimum Gasteiger partial charge on any atom is -0.343 e. The molecule has 3 heterocycles. The second kappa shape index (κ2) is 6.93. The van der Waals surface area contributed by atoms with Gasteiger partial charge in [0.15, 0.2) is 0 Å². The van der Waals surface area contributed by atoms with Crippen molar-refractivity contribution in [2.24, 2.45) is 11.7 Å². The Labute approximate surface area is 174 Å². The third-order valence-electron chi connectivity index (χ3n) is 5.86. The average Bonchev–Trinajstić information content (AvgIpc) is 3.33. The Morgan fingerprint density at radius 1 is 1.37 bits per heavy atom. The number of nitrogens with zero attached hydrogens (tertiary/aromatic N) is 2. The van der Waals surface area contributed by atoms with Crippen LogP contribution in [0.25, 0.3) is 21.1 Å². The smallest absolute Gasteiger partial charge is 0.271 e. The van der Waals surface area contributed by atoms with Crippen LogP contribution >= 0.6 is 11.5 Å². The van der Waals surface area contributed by atoms with Gasteiger partial charge in [-0.25, -0.2) is 4.39 Å². The number of hydrogen-bond donors (Lipinski definition) is 3. The molecule has 0 radical (unpaired) electrons. The quantitative estimate of drug-likeness (QED) is 0.535. The summed E-state index contributed by atoms with van der Waals surface area (Å²) in [7, 11) is 1.51. The molecule has 1 aliphatic heterocycles. The molecule has 1 saturated carbocycles. The zero-order chi connectivity index (χ0) is 21.2. The van der Waals surface area contributed by atoms with Gasteiger partial charge in [0, 0.05) is 36.1 Å². The molecule has 1 aromatic carbocycles. The van der Waals surface area contributed by atoms with E-state index in [1.807, 2.05) is 11.5 Å². The van der Waals surface area contributed by atoms with Crippen molar-refractivity contribution in [2.75, 3.05) is 18.6 Å². The molecule has 0 bridgehead atoms. The Kier molecular flexibility index (Phi) is 4.46. The van der Waals surface area contributed by atoms with Crippen LogP contribution in [0.15, 0.2) is 33.6 Å². The number of benzene rings is 1. The van der Waals surface area contributed by atoms with Gasteiger partial charge in [-0.1, -0.05) is 0 Å². The topological polar surface area (TPSA) is 105 Å². The number of halogens is 1. The number of H-pyrrole nitrogens is 1. The van der Waals surface area contributed by atoms with Crippen LogP contribution in [-0.4, -0.2) is 28.6 Å². The molecule has 8 nitrogen and oxygen atoms in total. The number of hydrogen-bond acceptors (Lipinski definition) is 7. The van der Waals surface area contributed by atoms with Crippen LogP contribution in [0.3, 0.4) is 0 Å². The fourth-order valence-electron chi connectivity index (χ4n) is 4.22. The molecule has 2 aliphatic rings. The molecule has 0 spiro atoms. The molecule has 1 aliphatic carbocycles. The Morgan fingerprint density at radius 3 is 2.80 bits per heavy atom. The highest BCUT2D eigenvalue weighted by atomic mass is 32.1. The number of nitrogens with one attached hydrogen (secondary N) is 2. The molecule has 30 heavy (non-hydrogen) atoms. The summed E-state index contributed by atoms with van der Waals surface area (Å²) in [5.74, 6) is -0.575. The summed E-state index contributed by atoms with van der Waals surface area (Å²) in [6.07, 6.45) is 3.71. The zero-order valence-corrected chi connectivity index (χ0v) is 17.4. The van der Waals surface area contributed by atoms with E-state index in [1.54, 1.807) is 17.2 Å². The third kappa shape index (κ3) is 2.86. The van der Waals surface area contributed by atoms with E-state index in [2.05, 4.69) is 9.85 Å². The van der Waals surface area contributed by atoms with Crippen molar-refractivity contribution in [3.05, 3.63) is 50.4 Å². The molecule has 2 atom stereocenters.